The normalized spacial score (nSPS) is 19.8. The molecule has 5 nitrogen and oxygen atoms in total. The van der Waals surface area contributed by atoms with Crippen LogP contribution in [0.5, 0.6) is 0 Å². The standard InChI is InChI=1S/C15H21NO4/c1-15(2,3)20-14(18)16-8-4-5-11(9-16)13-7-6-12(10-17)19-13/h6-7,10-11H,4-5,8-9H2,1-3H3. The second-order valence-corrected chi connectivity index (χ2v) is 6.12. The van der Waals surface area contributed by atoms with Crippen molar-refractivity contribution in [1.29, 1.82) is 0 Å². The van der Waals surface area contributed by atoms with E-state index in [4.69, 9.17) is 9.15 Å². The number of nitrogens with zero attached hydrogens (tertiary/aromatic N) is 1. The van der Waals surface area contributed by atoms with E-state index in [2.05, 4.69) is 0 Å². The fourth-order valence-electron chi connectivity index (χ4n) is 2.35. The fourth-order valence-corrected chi connectivity index (χ4v) is 2.35. The number of carbonyl (C=O) groups is 2. The molecule has 1 aromatic heterocycles. The molecule has 2 rings (SSSR count). The number of likely N-dealkylation sites (tertiary alicyclic amines) is 1. The highest BCUT2D eigenvalue weighted by Crippen LogP contribution is 2.28. The molecule has 1 unspecified atom stereocenters. The quantitative estimate of drug-likeness (QED) is 0.780. The van der Waals surface area contributed by atoms with Gasteiger partial charge in [-0.2, -0.15) is 0 Å². The van der Waals surface area contributed by atoms with Crippen LogP contribution in [0.1, 0.15) is 55.8 Å². The molecule has 1 atom stereocenters. The molecule has 5 heteroatoms. The predicted octanol–water partition coefficient (Wildman–Crippen LogP) is 3.21. The zero-order chi connectivity index (χ0) is 14.8. The number of rotatable bonds is 2. The Morgan fingerprint density at radius 1 is 1.45 bits per heavy atom. The number of aldehydes is 1. The molecular weight excluding hydrogens is 258 g/mol. The molecule has 1 saturated heterocycles. The Morgan fingerprint density at radius 2 is 2.20 bits per heavy atom. The minimum absolute atomic E-state index is 0.130. The highest BCUT2D eigenvalue weighted by atomic mass is 16.6. The molecule has 2 heterocycles. The van der Waals surface area contributed by atoms with E-state index >= 15 is 0 Å². The number of furan rings is 1. The molecule has 0 bridgehead atoms. The summed E-state index contributed by atoms with van der Waals surface area (Å²) >= 11 is 0. The molecule has 1 aromatic rings. The van der Waals surface area contributed by atoms with Crippen LogP contribution in [0.3, 0.4) is 0 Å². The lowest BCUT2D eigenvalue weighted by molar-refractivity contribution is 0.0192. The van der Waals surface area contributed by atoms with E-state index in [-0.39, 0.29) is 12.0 Å². The van der Waals surface area contributed by atoms with Crippen molar-refractivity contribution >= 4 is 12.4 Å². The van der Waals surface area contributed by atoms with Gasteiger partial charge in [-0.3, -0.25) is 4.79 Å². The van der Waals surface area contributed by atoms with Crippen molar-refractivity contribution in [3.63, 3.8) is 0 Å². The highest BCUT2D eigenvalue weighted by molar-refractivity contribution is 5.70. The maximum Gasteiger partial charge on any atom is 0.410 e. The third kappa shape index (κ3) is 3.62. The van der Waals surface area contributed by atoms with Gasteiger partial charge < -0.3 is 14.1 Å². The predicted molar refractivity (Wildman–Crippen MR) is 73.9 cm³/mol. The Bertz CT molecular complexity index is 486. The SMILES string of the molecule is CC(C)(C)OC(=O)N1CCCC(c2ccc(C=O)o2)C1. The van der Waals surface area contributed by atoms with Crippen LogP contribution < -0.4 is 0 Å². The van der Waals surface area contributed by atoms with E-state index in [0.29, 0.717) is 25.1 Å². The van der Waals surface area contributed by atoms with Crippen molar-refractivity contribution in [2.24, 2.45) is 0 Å². The average molecular weight is 279 g/mol. The van der Waals surface area contributed by atoms with Gasteiger partial charge in [0.15, 0.2) is 12.0 Å². The summed E-state index contributed by atoms with van der Waals surface area (Å²) in [6, 6.07) is 3.47. The number of carbonyl (C=O) groups excluding carboxylic acids is 2. The van der Waals surface area contributed by atoms with Gasteiger partial charge in [-0.05, 0) is 45.7 Å². The molecule has 1 amide bonds. The van der Waals surface area contributed by atoms with Gasteiger partial charge in [-0.15, -0.1) is 0 Å². The highest BCUT2D eigenvalue weighted by Gasteiger charge is 2.29. The van der Waals surface area contributed by atoms with Crippen LogP contribution in [-0.2, 0) is 4.74 Å². The first-order valence-corrected chi connectivity index (χ1v) is 6.92. The molecule has 0 spiro atoms. The summed E-state index contributed by atoms with van der Waals surface area (Å²) in [5.74, 6) is 1.22. The molecule has 110 valence electrons. The molecule has 1 fully saturated rings. The fraction of sp³-hybridized carbons (Fsp3) is 0.600. The maximum atomic E-state index is 12.1. The maximum absolute atomic E-state index is 12.1. The molecule has 0 N–H and O–H groups in total. The molecular formula is C15H21NO4. The van der Waals surface area contributed by atoms with Gasteiger partial charge >= 0.3 is 6.09 Å². The summed E-state index contributed by atoms with van der Waals surface area (Å²) in [5, 5.41) is 0. The van der Waals surface area contributed by atoms with Crippen molar-refractivity contribution in [2.75, 3.05) is 13.1 Å². The Morgan fingerprint density at radius 3 is 2.80 bits per heavy atom. The van der Waals surface area contributed by atoms with Crippen LogP contribution in [-0.4, -0.2) is 36.0 Å². The Kier molecular flexibility index (Phi) is 4.16. The minimum atomic E-state index is -0.487. The molecule has 0 saturated carbocycles. The third-order valence-corrected chi connectivity index (χ3v) is 3.24. The zero-order valence-corrected chi connectivity index (χ0v) is 12.2. The largest absolute Gasteiger partial charge is 0.458 e. The molecule has 1 aliphatic heterocycles. The van der Waals surface area contributed by atoms with E-state index < -0.39 is 5.60 Å². The average Bonchev–Trinajstić information content (AvgIpc) is 2.85. The van der Waals surface area contributed by atoms with Gasteiger partial charge in [0.1, 0.15) is 11.4 Å². The molecule has 0 radical (unpaired) electrons. The summed E-state index contributed by atoms with van der Waals surface area (Å²) in [4.78, 5) is 24.4. The van der Waals surface area contributed by atoms with Gasteiger partial charge in [0.05, 0.1) is 0 Å². The van der Waals surface area contributed by atoms with Crippen LogP contribution in [0.15, 0.2) is 16.5 Å². The van der Waals surface area contributed by atoms with Gasteiger partial charge in [0, 0.05) is 19.0 Å². The van der Waals surface area contributed by atoms with Crippen LogP contribution in [0.2, 0.25) is 0 Å². The van der Waals surface area contributed by atoms with Crippen molar-refractivity contribution in [1.82, 2.24) is 4.90 Å². The molecule has 20 heavy (non-hydrogen) atoms. The first-order valence-electron chi connectivity index (χ1n) is 6.92. The Labute approximate surface area is 118 Å². The second-order valence-electron chi connectivity index (χ2n) is 6.12. The number of piperidine rings is 1. The van der Waals surface area contributed by atoms with Crippen molar-refractivity contribution in [3.05, 3.63) is 23.7 Å². The Hall–Kier alpha value is -1.78. The first kappa shape index (κ1) is 14.6. The molecule has 0 aliphatic carbocycles. The summed E-state index contributed by atoms with van der Waals surface area (Å²) in [5.41, 5.74) is -0.487. The number of amides is 1. The monoisotopic (exact) mass is 279 g/mol. The number of hydrogen-bond donors (Lipinski definition) is 0. The lowest BCUT2D eigenvalue weighted by atomic mass is 9.96. The van der Waals surface area contributed by atoms with Gasteiger partial charge in [-0.1, -0.05) is 0 Å². The van der Waals surface area contributed by atoms with Crippen molar-refractivity contribution in [2.45, 2.75) is 45.1 Å². The summed E-state index contributed by atoms with van der Waals surface area (Å²) in [6.07, 6.45) is 2.26. The summed E-state index contributed by atoms with van der Waals surface area (Å²) in [7, 11) is 0. The Balaban J connectivity index is 2.01. The topological polar surface area (TPSA) is 59.8 Å². The van der Waals surface area contributed by atoms with E-state index in [1.807, 2.05) is 26.8 Å². The van der Waals surface area contributed by atoms with Gasteiger partial charge in [-0.25, -0.2) is 4.79 Å². The van der Waals surface area contributed by atoms with E-state index in [0.717, 1.165) is 18.6 Å². The number of hydrogen-bond acceptors (Lipinski definition) is 4. The minimum Gasteiger partial charge on any atom is -0.458 e. The lowest BCUT2D eigenvalue weighted by Gasteiger charge is -2.33. The van der Waals surface area contributed by atoms with E-state index in [9.17, 15) is 9.59 Å². The van der Waals surface area contributed by atoms with Crippen LogP contribution in [0, 0.1) is 0 Å². The summed E-state index contributed by atoms with van der Waals surface area (Å²) in [6.45, 7) is 6.84. The third-order valence-electron chi connectivity index (χ3n) is 3.24. The van der Waals surface area contributed by atoms with Crippen molar-refractivity contribution in [3.8, 4) is 0 Å². The zero-order valence-electron chi connectivity index (χ0n) is 12.2. The van der Waals surface area contributed by atoms with Gasteiger partial charge in [0.25, 0.3) is 0 Å². The molecule has 1 aliphatic rings. The van der Waals surface area contributed by atoms with Crippen LogP contribution >= 0.6 is 0 Å². The van der Waals surface area contributed by atoms with Crippen molar-refractivity contribution < 1.29 is 18.7 Å². The summed E-state index contributed by atoms with van der Waals surface area (Å²) < 4.78 is 10.8. The second kappa shape index (κ2) is 5.69. The molecule has 0 aromatic carbocycles. The number of ether oxygens (including phenoxy) is 1. The van der Waals surface area contributed by atoms with Crippen LogP contribution in [0.4, 0.5) is 4.79 Å². The van der Waals surface area contributed by atoms with E-state index in [1.165, 1.54) is 0 Å². The first-order chi connectivity index (χ1) is 9.39. The van der Waals surface area contributed by atoms with Gasteiger partial charge in [0.2, 0.25) is 0 Å². The van der Waals surface area contributed by atoms with Crippen LogP contribution in [0.25, 0.3) is 0 Å². The smallest absolute Gasteiger partial charge is 0.410 e. The lowest BCUT2D eigenvalue weighted by Crippen LogP contribution is -2.42. The van der Waals surface area contributed by atoms with E-state index in [1.54, 1.807) is 11.0 Å².